The van der Waals surface area contributed by atoms with Gasteiger partial charge in [-0.1, -0.05) is 13.8 Å². The van der Waals surface area contributed by atoms with E-state index in [1.807, 2.05) is 26.0 Å². The van der Waals surface area contributed by atoms with Crippen LogP contribution in [0.4, 0.5) is 5.82 Å². The minimum atomic E-state index is 0.483. The standard InChI is InChI=1S/C12H15N3O/c1-3-8-7-11(13)15-12(14-8)10-6-5-9(4-2)16-10/h5-7H,3-4H2,1-2H3,(H2,13,14,15). The van der Waals surface area contributed by atoms with E-state index < -0.39 is 0 Å². The number of hydrogen-bond acceptors (Lipinski definition) is 4. The zero-order valence-electron chi connectivity index (χ0n) is 9.53. The first-order valence-corrected chi connectivity index (χ1v) is 5.45. The molecule has 0 aromatic carbocycles. The second-order valence-electron chi connectivity index (χ2n) is 3.58. The molecular weight excluding hydrogens is 202 g/mol. The van der Waals surface area contributed by atoms with E-state index in [2.05, 4.69) is 9.97 Å². The average molecular weight is 217 g/mol. The van der Waals surface area contributed by atoms with E-state index in [1.54, 1.807) is 6.07 Å². The number of aryl methyl sites for hydroxylation is 2. The SMILES string of the molecule is CCc1cc(N)nc(-c2ccc(CC)o2)n1. The third kappa shape index (κ3) is 2.05. The highest BCUT2D eigenvalue weighted by atomic mass is 16.3. The maximum absolute atomic E-state index is 5.72. The summed E-state index contributed by atoms with van der Waals surface area (Å²) in [7, 11) is 0. The van der Waals surface area contributed by atoms with Gasteiger partial charge >= 0.3 is 0 Å². The lowest BCUT2D eigenvalue weighted by molar-refractivity contribution is 0.525. The van der Waals surface area contributed by atoms with Crippen LogP contribution in [-0.4, -0.2) is 9.97 Å². The van der Waals surface area contributed by atoms with Gasteiger partial charge in [0, 0.05) is 18.2 Å². The summed E-state index contributed by atoms with van der Waals surface area (Å²) < 4.78 is 5.59. The molecular formula is C12H15N3O. The molecule has 2 rings (SSSR count). The van der Waals surface area contributed by atoms with Crippen LogP contribution in [0.5, 0.6) is 0 Å². The first-order valence-electron chi connectivity index (χ1n) is 5.45. The van der Waals surface area contributed by atoms with Crippen LogP contribution in [0.15, 0.2) is 22.6 Å². The van der Waals surface area contributed by atoms with Crippen molar-refractivity contribution in [2.45, 2.75) is 26.7 Å². The van der Waals surface area contributed by atoms with Crippen molar-refractivity contribution in [1.29, 1.82) is 0 Å². The highest BCUT2D eigenvalue weighted by molar-refractivity contribution is 5.50. The fraction of sp³-hybridized carbons (Fsp3) is 0.333. The smallest absolute Gasteiger partial charge is 0.197 e. The molecule has 0 aliphatic heterocycles. The molecule has 2 heterocycles. The predicted octanol–water partition coefficient (Wildman–Crippen LogP) is 2.44. The third-order valence-corrected chi connectivity index (χ3v) is 2.39. The quantitative estimate of drug-likeness (QED) is 0.857. The molecule has 0 spiro atoms. The van der Waals surface area contributed by atoms with Crippen molar-refractivity contribution in [2.24, 2.45) is 0 Å². The van der Waals surface area contributed by atoms with Gasteiger partial charge in [0.15, 0.2) is 11.6 Å². The van der Waals surface area contributed by atoms with E-state index in [4.69, 9.17) is 10.2 Å². The summed E-state index contributed by atoms with van der Waals surface area (Å²) in [5, 5.41) is 0. The Kier molecular flexibility index (Phi) is 2.90. The van der Waals surface area contributed by atoms with Crippen molar-refractivity contribution in [3.8, 4) is 11.6 Å². The predicted molar refractivity (Wildman–Crippen MR) is 62.9 cm³/mol. The average Bonchev–Trinajstić information content (AvgIpc) is 2.76. The number of aromatic nitrogens is 2. The molecule has 0 saturated heterocycles. The van der Waals surface area contributed by atoms with Crippen molar-refractivity contribution in [1.82, 2.24) is 9.97 Å². The van der Waals surface area contributed by atoms with E-state index >= 15 is 0 Å². The number of nitrogens with zero attached hydrogens (tertiary/aromatic N) is 2. The van der Waals surface area contributed by atoms with Crippen molar-refractivity contribution in [3.63, 3.8) is 0 Å². The van der Waals surface area contributed by atoms with Gasteiger partial charge in [0.2, 0.25) is 0 Å². The van der Waals surface area contributed by atoms with Gasteiger partial charge in [-0.15, -0.1) is 0 Å². The molecule has 0 aliphatic rings. The Morgan fingerprint density at radius 3 is 2.62 bits per heavy atom. The molecule has 2 aromatic rings. The number of anilines is 1. The van der Waals surface area contributed by atoms with Crippen molar-refractivity contribution < 1.29 is 4.42 Å². The molecule has 4 heteroatoms. The van der Waals surface area contributed by atoms with E-state index in [1.165, 1.54) is 0 Å². The third-order valence-electron chi connectivity index (χ3n) is 2.39. The molecule has 0 amide bonds. The summed E-state index contributed by atoms with van der Waals surface area (Å²) in [6.07, 6.45) is 1.70. The van der Waals surface area contributed by atoms with Gasteiger partial charge in [0.25, 0.3) is 0 Å². The Labute approximate surface area is 94.5 Å². The zero-order valence-corrected chi connectivity index (χ0v) is 9.53. The fourth-order valence-electron chi connectivity index (χ4n) is 1.50. The number of nitrogen functional groups attached to an aromatic ring is 1. The van der Waals surface area contributed by atoms with Crippen molar-refractivity contribution >= 4 is 5.82 Å². The molecule has 84 valence electrons. The van der Waals surface area contributed by atoms with E-state index in [-0.39, 0.29) is 0 Å². The highest BCUT2D eigenvalue weighted by Crippen LogP contribution is 2.20. The number of furan rings is 1. The van der Waals surface area contributed by atoms with Crippen molar-refractivity contribution in [2.75, 3.05) is 5.73 Å². The molecule has 0 atom stereocenters. The van der Waals surface area contributed by atoms with Gasteiger partial charge in [0.05, 0.1) is 0 Å². The Balaban J connectivity index is 2.42. The Morgan fingerprint density at radius 1 is 1.19 bits per heavy atom. The summed E-state index contributed by atoms with van der Waals surface area (Å²) in [4.78, 5) is 8.56. The minimum Gasteiger partial charge on any atom is -0.458 e. The summed E-state index contributed by atoms with van der Waals surface area (Å²) >= 11 is 0. The van der Waals surface area contributed by atoms with Crippen molar-refractivity contribution in [3.05, 3.63) is 29.7 Å². The normalized spacial score (nSPS) is 10.6. The first kappa shape index (κ1) is 10.7. The lowest BCUT2D eigenvalue weighted by Gasteiger charge is -2.01. The molecule has 2 aromatic heterocycles. The summed E-state index contributed by atoms with van der Waals surface area (Å²) in [6, 6.07) is 5.60. The Morgan fingerprint density at radius 2 is 2.00 bits per heavy atom. The van der Waals surface area contributed by atoms with Crippen LogP contribution in [0.25, 0.3) is 11.6 Å². The maximum Gasteiger partial charge on any atom is 0.197 e. The second-order valence-corrected chi connectivity index (χ2v) is 3.58. The fourth-order valence-corrected chi connectivity index (χ4v) is 1.50. The molecule has 16 heavy (non-hydrogen) atoms. The zero-order chi connectivity index (χ0) is 11.5. The number of hydrogen-bond donors (Lipinski definition) is 1. The molecule has 0 unspecified atom stereocenters. The molecule has 4 nitrogen and oxygen atoms in total. The lowest BCUT2D eigenvalue weighted by Crippen LogP contribution is -1.98. The monoisotopic (exact) mass is 217 g/mol. The molecule has 2 N–H and O–H groups in total. The molecule has 0 fully saturated rings. The maximum atomic E-state index is 5.72. The summed E-state index contributed by atoms with van der Waals surface area (Å²) in [6.45, 7) is 4.07. The van der Waals surface area contributed by atoms with Crippen LogP contribution in [0, 0.1) is 0 Å². The largest absolute Gasteiger partial charge is 0.458 e. The van der Waals surface area contributed by atoms with Gasteiger partial charge in [-0.05, 0) is 18.6 Å². The van der Waals surface area contributed by atoms with Crippen LogP contribution < -0.4 is 5.73 Å². The van der Waals surface area contributed by atoms with Crippen LogP contribution in [-0.2, 0) is 12.8 Å². The highest BCUT2D eigenvalue weighted by Gasteiger charge is 2.08. The Hall–Kier alpha value is -1.84. The van der Waals surface area contributed by atoms with Gasteiger partial charge < -0.3 is 10.2 Å². The molecule has 0 bridgehead atoms. The molecule has 0 radical (unpaired) electrons. The van der Waals surface area contributed by atoms with E-state index in [9.17, 15) is 0 Å². The molecule has 0 aliphatic carbocycles. The van der Waals surface area contributed by atoms with Gasteiger partial charge in [0.1, 0.15) is 11.6 Å². The van der Waals surface area contributed by atoms with E-state index in [0.29, 0.717) is 17.4 Å². The minimum absolute atomic E-state index is 0.483. The lowest BCUT2D eigenvalue weighted by atomic mass is 10.3. The molecule has 0 saturated carbocycles. The number of nitrogens with two attached hydrogens (primary N) is 1. The van der Waals surface area contributed by atoms with Crippen LogP contribution in [0.2, 0.25) is 0 Å². The van der Waals surface area contributed by atoms with Gasteiger partial charge in [-0.25, -0.2) is 9.97 Å². The van der Waals surface area contributed by atoms with Gasteiger partial charge in [-0.2, -0.15) is 0 Å². The first-order chi connectivity index (χ1) is 7.72. The number of rotatable bonds is 3. The van der Waals surface area contributed by atoms with Crippen LogP contribution >= 0.6 is 0 Å². The Bertz CT molecular complexity index is 491. The second kappa shape index (κ2) is 4.35. The van der Waals surface area contributed by atoms with Crippen LogP contribution in [0.3, 0.4) is 0 Å². The van der Waals surface area contributed by atoms with Crippen LogP contribution in [0.1, 0.15) is 25.3 Å². The topological polar surface area (TPSA) is 64.9 Å². The summed E-state index contributed by atoms with van der Waals surface area (Å²) in [5.74, 6) is 2.66. The summed E-state index contributed by atoms with van der Waals surface area (Å²) in [5.41, 5.74) is 6.65. The van der Waals surface area contributed by atoms with Gasteiger partial charge in [-0.3, -0.25) is 0 Å². The van der Waals surface area contributed by atoms with E-state index in [0.717, 1.165) is 24.3 Å².